The maximum Gasteiger partial charge on any atom is 0.324 e. The van der Waals surface area contributed by atoms with Gasteiger partial charge in [0.25, 0.3) is 5.91 Å². The molecule has 0 fully saturated rings. The van der Waals surface area contributed by atoms with Gasteiger partial charge in [-0.05, 0) is 46.1 Å². The van der Waals surface area contributed by atoms with Gasteiger partial charge in [0.1, 0.15) is 6.04 Å². The fraction of sp³-hybridized carbons (Fsp3) is 0.263. The Morgan fingerprint density at radius 3 is 2.25 bits per heavy atom. The Bertz CT molecular complexity index is 932. The smallest absolute Gasteiger partial charge is 0.324 e. The highest BCUT2D eigenvalue weighted by Crippen LogP contribution is 2.21. The number of hydrogen-bond acceptors (Lipinski definition) is 5. The number of benzene rings is 2. The first kappa shape index (κ1) is 22.1. The molecule has 0 unspecified atom stereocenters. The molecule has 0 aliphatic rings. The van der Waals surface area contributed by atoms with E-state index >= 15 is 0 Å². The summed E-state index contributed by atoms with van der Waals surface area (Å²) >= 11 is 3.30. The summed E-state index contributed by atoms with van der Waals surface area (Å²) in [7, 11) is -3.90. The van der Waals surface area contributed by atoms with E-state index in [1.165, 1.54) is 12.1 Å². The molecule has 2 aromatic carbocycles. The van der Waals surface area contributed by atoms with Gasteiger partial charge in [-0.1, -0.05) is 44.2 Å². The monoisotopic (exact) mass is 468 g/mol. The standard InChI is InChI=1S/C19H21BrN2O5S/c1-13(2)18(22-28(25,26)14-8-4-3-5-9-14)19(24)27-12-17(23)21-16-11-7-6-10-15(16)20/h3-11,13,18,22H,12H2,1-2H3,(H,21,23)/t18-/m1/s1. The van der Waals surface area contributed by atoms with Crippen LogP contribution in [0.25, 0.3) is 0 Å². The zero-order valence-corrected chi connectivity index (χ0v) is 17.8. The van der Waals surface area contributed by atoms with Gasteiger partial charge in [-0.15, -0.1) is 0 Å². The van der Waals surface area contributed by atoms with E-state index in [4.69, 9.17) is 4.74 Å². The Balaban J connectivity index is 1.99. The van der Waals surface area contributed by atoms with Gasteiger partial charge in [-0.3, -0.25) is 9.59 Å². The van der Waals surface area contributed by atoms with Gasteiger partial charge < -0.3 is 10.1 Å². The van der Waals surface area contributed by atoms with Crippen LogP contribution in [-0.4, -0.2) is 32.9 Å². The second-order valence-corrected chi connectivity index (χ2v) is 8.86. The summed E-state index contributed by atoms with van der Waals surface area (Å²) in [5.74, 6) is -1.73. The average Bonchev–Trinajstić information content (AvgIpc) is 2.66. The van der Waals surface area contributed by atoms with E-state index in [-0.39, 0.29) is 10.8 Å². The van der Waals surface area contributed by atoms with Crippen molar-refractivity contribution in [1.82, 2.24) is 4.72 Å². The molecule has 1 amide bonds. The quantitative estimate of drug-likeness (QED) is 0.579. The predicted molar refractivity (Wildman–Crippen MR) is 109 cm³/mol. The van der Waals surface area contributed by atoms with Crippen LogP contribution in [0, 0.1) is 5.92 Å². The number of carbonyl (C=O) groups excluding carboxylic acids is 2. The van der Waals surface area contributed by atoms with E-state index in [0.29, 0.717) is 10.2 Å². The van der Waals surface area contributed by atoms with Gasteiger partial charge in [0.15, 0.2) is 6.61 Å². The lowest BCUT2D eigenvalue weighted by Gasteiger charge is -2.20. The first-order valence-corrected chi connectivity index (χ1v) is 10.8. The molecule has 0 saturated carbocycles. The first-order chi connectivity index (χ1) is 13.2. The minimum Gasteiger partial charge on any atom is -0.454 e. The number of hydrogen-bond donors (Lipinski definition) is 2. The van der Waals surface area contributed by atoms with Gasteiger partial charge in [-0.2, -0.15) is 4.72 Å². The summed E-state index contributed by atoms with van der Waals surface area (Å²) in [4.78, 5) is 24.4. The van der Waals surface area contributed by atoms with Crippen LogP contribution in [-0.2, 0) is 24.3 Å². The highest BCUT2D eigenvalue weighted by molar-refractivity contribution is 9.10. The van der Waals surface area contributed by atoms with Crippen LogP contribution in [0.2, 0.25) is 0 Å². The van der Waals surface area contributed by atoms with E-state index < -0.39 is 34.5 Å². The molecule has 0 aromatic heterocycles. The molecule has 0 bridgehead atoms. The largest absolute Gasteiger partial charge is 0.454 e. The zero-order chi connectivity index (χ0) is 20.7. The topological polar surface area (TPSA) is 102 Å². The maximum atomic E-state index is 12.5. The summed E-state index contributed by atoms with van der Waals surface area (Å²) in [6.07, 6.45) is 0. The van der Waals surface area contributed by atoms with Crippen molar-refractivity contribution in [3.63, 3.8) is 0 Å². The molecular weight excluding hydrogens is 448 g/mol. The summed E-state index contributed by atoms with van der Waals surface area (Å²) < 4.78 is 33.0. The van der Waals surface area contributed by atoms with Gasteiger partial charge in [0.05, 0.1) is 10.6 Å². The van der Waals surface area contributed by atoms with Crippen molar-refractivity contribution in [2.75, 3.05) is 11.9 Å². The summed E-state index contributed by atoms with van der Waals surface area (Å²) in [6, 6.07) is 13.6. The second-order valence-electron chi connectivity index (χ2n) is 6.29. The van der Waals surface area contributed by atoms with Crippen LogP contribution in [0.5, 0.6) is 0 Å². The maximum absolute atomic E-state index is 12.5. The lowest BCUT2D eigenvalue weighted by molar-refractivity contribution is -0.150. The van der Waals surface area contributed by atoms with Crippen LogP contribution in [0.15, 0.2) is 64.0 Å². The second kappa shape index (κ2) is 9.81. The van der Waals surface area contributed by atoms with Crippen molar-refractivity contribution in [3.05, 3.63) is 59.1 Å². The number of nitrogens with one attached hydrogen (secondary N) is 2. The van der Waals surface area contributed by atoms with Gasteiger partial charge in [0, 0.05) is 4.47 Å². The summed E-state index contributed by atoms with van der Waals surface area (Å²) in [6.45, 7) is 2.83. The van der Waals surface area contributed by atoms with Crippen LogP contribution in [0.3, 0.4) is 0 Å². The molecule has 0 saturated heterocycles. The SMILES string of the molecule is CC(C)[C@@H](NS(=O)(=O)c1ccccc1)C(=O)OCC(=O)Nc1ccccc1Br. The van der Waals surface area contributed by atoms with Crippen molar-refractivity contribution in [2.24, 2.45) is 5.92 Å². The number of halogens is 1. The van der Waals surface area contributed by atoms with E-state index in [1.807, 2.05) is 0 Å². The lowest BCUT2D eigenvalue weighted by Crippen LogP contribution is -2.45. The normalized spacial score (nSPS) is 12.4. The van der Waals surface area contributed by atoms with Crippen LogP contribution >= 0.6 is 15.9 Å². The van der Waals surface area contributed by atoms with Crippen molar-refractivity contribution in [3.8, 4) is 0 Å². The van der Waals surface area contributed by atoms with Crippen LogP contribution in [0.1, 0.15) is 13.8 Å². The van der Waals surface area contributed by atoms with E-state index in [9.17, 15) is 18.0 Å². The third-order valence-corrected chi connectivity index (χ3v) is 5.90. The molecule has 2 N–H and O–H groups in total. The molecule has 0 aliphatic carbocycles. The van der Waals surface area contributed by atoms with E-state index in [2.05, 4.69) is 26.0 Å². The van der Waals surface area contributed by atoms with E-state index in [0.717, 1.165) is 0 Å². The minimum absolute atomic E-state index is 0.0418. The summed E-state index contributed by atoms with van der Waals surface area (Å²) in [5, 5.41) is 2.61. The number of rotatable bonds is 8. The van der Waals surface area contributed by atoms with Crippen LogP contribution in [0.4, 0.5) is 5.69 Å². The Morgan fingerprint density at radius 2 is 1.64 bits per heavy atom. The molecule has 2 aromatic rings. The molecule has 150 valence electrons. The molecule has 0 aliphatic heterocycles. The third-order valence-electron chi connectivity index (χ3n) is 3.75. The molecule has 9 heteroatoms. The number of esters is 1. The number of anilines is 1. The number of para-hydroxylation sites is 1. The number of amides is 1. The Morgan fingerprint density at radius 1 is 1.04 bits per heavy atom. The molecular formula is C19H21BrN2O5S. The summed E-state index contributed by atoms with van der Waals surface area (Å²) in [5.41, 5.74) is 0.536. The van der Waals surface area contributed by atoms with Crippen molar-refractivity contribution in [2.45, 2.75) is 24.8 Å². The van der Waals surface area contributed by atoms with E-state index in [1.54, 1.807) is 56.3 Å². The highest BCUT2D eigenvalue weighted by Gasteiger charge is 2.30. The van der Waals surface area contributed by atoms with Crippen molar-refractivity contribution < 1.29 is 22.7 Å². The van der Waals surface area contributed by atoms with Gasteiger partial charge in [-0.25, -0.2) is 8.42 Å². The molecule has 0 heterocycles. The Kier molecular flexibility index (Phi) is 7.73. The fourth-order valence-corrected chi connectivity index (χ4v) is 4.00. The Hall–Kier alpha value is -2.23. The number of ether oxygens (including phenoxy) is 1. The first-order valence-electron chi connectivity index (χ1n) is 8.49. The number of sulfonamides is 1. The average molecular weight is 469 g/mol. The van der Waals surface area contributed by atoms with Gasteiger partial charge in [0.2, 0.25) is 10.0 Å². The molecule has 1 atom stereocenters. The van der Waals surface area contributed by atoms with Crippen LogP contribution < -0.4 is 10.0 Å². The highest BCUT2D eigenvalue weighted by atomic mass is 79.9. The predicted octanol–water partition coefficient (Wildman–Crippen LogP) is 2.93. The van der Waals surface area contributed by atoms with Crippen molar-refractivity contribution >= 4 is 43.5 Å². The lowest BCUT2D eigenvalue weighted by atomic mass is 10.1. The number of carbonyl (C=O) groups is 2. The Labute approximate surface area is 172 Å². The zero-order valence-electron chi connectivity index (χ0n) is 15.4. The van der Waals surface area contributed by atoms with Gasteiger partial charge >= 0.3 is 5.97 Å². The molecule has 0 radical (unpaired) electrons. The minimum atomic E-state index is -3.90. The third kappa shape index (κ3) is 6.15. The van der Waals surface area contributed by atoms with Crippen molar-refractivity contribution in [1.29, 1.82) is 0 Å². The fourth-order valence-electron chi connectivity index (χ4n) is 2.27. The molecule has 0 spiro atoms. The molecule has 28 heavy (non-hydrogen) atoms. The molecule has 7 nitrogen and oxygen atoms in total. The molecule has 2 rings (SSSR count).